The standard InChI is InChI=1S/C24H28N2O3S/c1-6-28-21-13-18(9-12-20(21)29-15-16(2)3)14-22-23(27)26(5)24(30-22)25-19-10-7-17(4)8-11-19/h7-14,16H,6,15H2,1-5H3/b22-14+,25-24?. The maximum Gasteiger partial charge on any atom is 0.266 e. The second-order valence-electron chi connectivity index (χ2n) is 7.55. The third-order valence-corrected chi connectivity index (χ3v) is 5.46. The first-order valence-electron chi connectivity index (χ1n) is 10.1. The van der Waals surface area contributed by atoms with Crippen molar-refractivity contribution in [3.8, 4) is 11.5 Å². The molecule has 2 aromatic rings. The fraction of sp³-hybridized carbons (Fsp3) is 0.333. The summed E-state index contributed by atoms with van der Waals surface area (Å²) in [6.45, 7) is 9.35. The Morgan fingerprint density at radius 3 is 2.50 bits per heavy atom. The summed E-state index contributed by atoms with van der Waals surface area (Å²) in [7, 11) is 1.75. The van der Waals surface area contributed by atoms with Crippen LogP contribution in [0.15, 0.2) is 52.4 Å². The molecule has 30 heavy (non-hydrogen) atoms. The van der Waals surface area contributed by atoms with Crippen LogP contribution in [0.2, 0.25) is 0 Å². The molecule has 1 heterocycles. The van der Waals surface area contributed by atoms with Crippen molar-refractivity contribution in [1.82, 2.24) is 4.90 Å². The quantitative estimate of drug-likeness (QED) is 0.538. The van der Waals surface area contributed by atoms with E-state index in [0.717, 1.165) is 17.0 Å². The molecule has 1 aliphatic heterocycles. The number of thioether (sulfide) groups is 1. The minimum absolute atomic E-state index is 0.0658. The minimum Gasteiger partial charge on any atom is -0.490 e. The van der Waals surface area contributed by atoms with Gasteiger partial charge in [-0.25, -0.2) is 4.99 Å². The zero-order valence-corrected chi connectivity index (χ0v) is 19.0. The number of carbonyl (C=O) groups excluding carboxylic acids is 1. The van der Waals surface area contributed by atoms with Gasteiger partial charge in [-0.15, -0.1) is 0 Å². The van der Waals surface area contributed by atoms with Crippen molar-refractivity contribution >= 4 is 34.6 Å². The molecule has 0 bridgehead atoms. The Bertz CT molecular complexity index is 965. The van der Waals surface area contributed by atoms with Crippen LogP contribution in [0.5, 0.6) is 11.5 Å². The second-order valence-corrected chi connectivity index (χ2v) is 8.56. The first-order chi connectivity index (χ1) is 14.4. The van der Waals surface area contributed by atoms with Gasteiger partial charge >= 0.3 is 0 Å². The molecule has 1 saturated heterocycles. The Balaban J connectivity index is 1.84. The van der Waals surface area contributed by atoms with Gasteiger partial charge in [0.05, 0.1) is 23.8 Å². The van der Waals surface area contributed by atoms with E-state index in [9.17, 15) is 4.79 Å². The molecule has 0 atom stereocenters. The largest absolute Gasteiger partial charge is 0.490 e. The Labute approximate surface area is 182 Å². The molecule has 0 aromatic heterocycles. The summed E-state index contributed by atoms with van der Waals surface area (Å²) >= 11 is 1.37. The Morgan fingerprint density at radius 1 is 1.10 bits per heavy atom. The van der Waals surface area contributed by atoms with E-state index in [0.29, 0.717) is 35.0 Å². The van der Waals surface area contributed by atoms with Gasteiger partial charge in [0.15, 0.2) is 16.7 Å². The Hall–Kier alpha value is -2.73. The van der Waals surface area contributed by atoms with Crippen LogP contribution in [0.25, 0.3) is 6.08 Å². The molecule has 0 N–H and O–H groups in total. The van der Waals surface area contributed by atoms with Crippen molar-refractivity contribution in [3.05, 3.63) is 58.5 Å². The van der Waals surface area contributed by atoms with Crippen LogP contribution in [0, 0.1) is 12.8 Å². The third kappa shape index (κ3) is 5.45. The highest BCUT2D eigenvalue weighted by molar-refractivity contribution is 8.18. The number of amides is 1. The number of ether oxygens (including phenoxy) is 2. The molecule has 6 heteroatoms. The first kappa shape index (κ1) is 22.0. The van der Waals surface area contributed by atoms with Crippen molar-refractivity contribution in [1.29, 1.82) is 0 Å². The molecule has 0 unspecified atom stereocenters. The SMILES string of the molecule is CCOc1cc(/C=C2/SC(=Nc3ccc(C)cc3)N(C)C2=O)ccc1OCC(C)C. The lowest BCUT2D eigenvalue weighted by atomic mass is 10.1. The number of aliphatic imine (C=N–C) groups is 1. The smallest absolute Gasteiger partial charge is 0.266 e. The molecule has 0 radical (unpaired) electrons. The average molecular weight is 425 g/mol. The van der Waals surface area contributed by atoms with Crippen LogP contribution >= 0.6 is 11.8 Å². The van der Waals surface area contributed by atoms with E-state index in [-0.39, 0.29) is 5.91 Å². The first-order valence-corrected chi connectivity index (χ1v) is 10.9. The van der Waals surface area contributed by atoms with Crippen LogP contribution in [-0.2, 0) is 4.79 Å². The number of rotatable bonds is 7. The molecule has 158 valence electrons. The fourth-order valence-electron chi connectivity index (χ4n) is 2.79. The summed E-state index contributed by atoms with van der Waals surface area (Å²) in [5, 5.41) is 0.664. The van der Waals surface area contributed by atoms with Crippen molar-refractivity contribution in [2.45, 2.75) is 27.7 Å². The highest BCUT2D eigenvalue weighted by Crippen LogP contribution is 2.35. The van der Waals surface area contributed by atoms with Gasteiger partial charge in [0.1, 0.15) is 0 Å². The topological polar surface area (TPSA) is 51.1 Å². The molecule has 0 spiro atoms. The van der Waals surface area contributed by atoms with E-state index in [1.54, 1.807) is 11.9 Å². The van der Waals surface area contributed by atoms with Crippen molar-refractivity contribution < 1.29 is 14.3 Å². The van der Waals surface area contributed by atoms with Crippen LogP contribution in [0.3, 0.4) is 0 Å². The van der Waals surface area contributed by atoms with E-state index in [4.69, 9.17) is 9.47 Å². The fourth-order valence-corrected chi connectivity index (χ4v) is 3.78. The van der Waals surface area contributed by atoms with Gasteiger partial charge in [-0.05, 0) is 67.4 Å². The molecule has 2 aromatic carbocycles. The van der Waals surface area contributed by atoms with Gasteiger partial charge in [-0.3, -0.25) is 9.69 Å². The summed E-state index contributed by atoms with van der Waals surface area (Å²) in [6, 6.07) is 13.7. The summed E-state index contributed by atoms with van der Waals surface area (Å²) in [5.41, 5.74) is 2.89. The third-order valence-electron chi connectivity index (χ3n) is 4.40. The van der Waals surface area contributed by atoms with E-state index in [2.05, 4.69) is 18.8 Å². The highest BCUT2D eigenvalue weighted by atomic mass is 32.2. The summed E-state index contributed by atoms with van der Waals surface area (Å²) < 4.78 is 11.6. The number of benzene rings is 2. The number of amidine groups is 1. The van der Waals surface area contributed by atoms with Crippen molar-refractivity contribution in [2.24, 2.45) is 10.9 Å². The molecule has 1 amide bonds. The van der Waals surface area contributed by atoms with E-state index in [1.807, 2.05) is 62.4 Å². The number of carbonyl (C=O) groups is 1. The van der Waals surface area contributed by atoms with Gasteiger partial charge in [0, 0.05) is 7.05 Å². The second kappa shape index (κ2) is 9.85. The summed E-state index contributed by atoms with van der Waals surface area (Å²) in [6.07, 6.45) is 1.87. The lowest BCUT2D eigenvalue weighted by molar-refractivity contribution is -0.121. The van der Waals surface area contributed by atoms with Crippen LogP contribution in [0.4, 0.5) is 5.69 Å². The zero-order valence-electron chi connectivity index (χ0n) is 18.1. The number of aryl methyl sites for hydroxylation is 1. The van der Waals surface area contributed by atoms with E-state index < -0.39 is 0 Å². The summed E-state index contributed by atoms with van der Waals surface area (Å²) in [4.78, 5) is 19.6. The van der Waals surface area contributed by atoms with E-state index >= 15 is 0 Å². The number of nitrogens with zero attached hydrogens (tertiary/aromatic N) is 2. The maximum absolute atomic E-state index is 12.7. The molecular weight excluding hydrogens is 396 g/mol. The number of likely N-dealkylation sites (N-methyl/N-ethyl adjacent to an activating group) is 1. The van der Waals surface area contributed by atoms with Crippen molar-refractivity contribution in [3.63, 3.8) is 0 Å². The van der Waals surface area contributed by atoms with Gasteiger partial charge in [-0.2, -0.15) is 0 Å². The van der Waals surface area contributed by atoms with Gasteiger partial charge in [0.2, 0.25) is 0 Å². The molecule has 0 saturated carbocycles. The predicted octanol–water partition coefficient (Wildman–Crippen LogP) is 5.66. The summed E-state index contributed by atoms with van der Waals surface area (Å²) in [5.74, 6) is 1.77. The maximum atomic E-state index is 12.7. The zero-order chi connectivity index (χ0) is 21.7. The average Bonchev–Trinajstić information content (AvgIpc) is 2.97. The monoisotopic (exact) mass is 424 g/mol. The molecule has 0 aliphatic carbocycles. The van der Waals surface area contributed by atoms with Crippen molar-refractivity contribution in [2.75, 3.05) is 20.3 Å². The lowest BCUT2D eigenvalue weighted by Crippen LogP contribution is -2.23. The van der Waals surface area contributed by atoms with Gasteiger partial charge in [-0.1, -0.05) is 37.6 Å². The molecule has 1 aliphatic rings. The van der Waals surface area contributed by atoms with Gasteiger partial charge < -0.3 is 9.47 Å². The molecule has 5 nitrogen and oxygen atoms in total. The minimum atomic E-state index is -0.0658. The molecular formula is C24H28N2O3S. The lowest BCUT2D eigenvalue weighted by Gasteiger charge is -2.14. The Kier molecular flexibility index (Phi) is 7.21. The number of hydrogen-bond donors (Lipinski definition) is 0. The van der Waals surface area contributed by atoms with E-state index in [1.165, 1.54) is 17.3 Å². The highest BCUT2D eigenvalue weighted by Gasteiger charge is 2.30. The molecule has 1 fully saturated rings. The Morgan fingerprint density at radius 2 is 1.83 bits per heavy atom. The van der Waals surface area contributed by atoms with Crippen LogP contribution in [-0.4, -0.2) is 36.2 Å². The normalized spacial score (nSPS) is 16.7. The van der Waals surface area contributed by atoms with Crippen LogP contribution < -0.4 is 9.47 Å². The molecule has 3 rings (SSSR count). The number of hydrogen-bond acceptors (Lipinski definition) is 5. The predicted molar refractivity (Wildman–Crippen MR) is 125 cm³/mol. The van der Waals surface area contributed by atoms with Crippen LogP contribution in [0.1, 0.15) is 31.9 Å². The van der Waals surface area contributed by atoms with Gasteiger partial charge in [0.25, 0.3) is 5.91 Å².